The Morgan fingerprint density at radius 2 is 1.52 bits per heavy atom. The topological polar surface area (TPSA) is 140 Å². The predicted octanol–water partition coefficient (Wildman–Crippen LogP) is 3.74. The Kier molecular flexibility index (Phi) is 12.6. The van der Waals surface area contributed by atoms with Crippen LogP contribution in [0.25, 0.3) is 0 Å². The third-order valence-corrected chi connectivity index (χ3v) is 6.03. The fraction of sp³-hybridized carbons (Fsp3) is 0.207. The van der Waals surface area contributed by atoms with Crippen molar-refractivity contribution in [2.45, 2.75) is 33.0 Å². The zero-order chi connectivity index (χ0) is 28.4. The predicted molar refractivity (Wildman–Crippen MR) is 155 cm³/mol. The molecule has 0 aliphatic carbocycles. The first-order chi connectivity index (χ1) is 18.7. The summed E-state index contributed by atoms with van der Waals surface area (Å²) in [5.74, 6) is 4.27. The average molecular weight is 585 g/mol. The minimum absolute atomic E-state index is 0. The van der Waals surface area contributed by atoms with Crippen LogP contribution in [0.3, 0.4) is 0 Å². The summed E-state index contributed by atoms with van der Waals surface area (Å²) in [5.41, 5.74) is 4.50. The smallest absolute Gasteiger partial charge is 0.268 e. The van der Waals surface area contributed by atoms with Crippen LogP contribution in [0, 0.1) is 11.8 Å². The molecule has 210 valence electrons. The van der Waals surface area contributed by atoms with Gasteiger partial charge in [0.1, 0.15) is 6.04 Å². The molecule has 0 heterocycles. The van der Waals surface area contributed by atoms with Crippen LogP contribution >= 0.6 is 23.2 Å². The van der Waals surface area contributed by atoms with Gasteiger partial charge in [0.25, 0.3) is 11.8 Å². The van der Waals surface area contributed by atoms with Gasteiger partial charge in [-0.1, -0.05) is 48.5 Å². The van der Waals surface area contributed by atoms with Crippen molar-refractivity contribution in [3.05, 3.63) is 99.0 Å². The third-order valence-electron chi connectivity index (χ3n) is 5.44. The minimum atomic E-state index is -1.31. The van der Waals surface area contributed by atoms with Crippen LogP contribution in [-0.2, 0) is 16.1 Å². The molecule has 6 N–H and O–H groups in total. The number of hydroxylamine groups is 1. The standard InChI is InChI=1S/C28H26Cl2N4O5.CH4/c1-17(35)26(28(38)34-39)33-27(37)20-8-4-18(5-9-20)2-3-19-6-12-23(13-7-19)32-25(36)16-31-15-21-10-11-22(29)14-24(21)30;/h4-14,17,26,31,35,39H,15-16H2,1H3,(H,32,36)(H,33,37)(H,34,38);1H4/t17-,26+;/m1./s1. The number of carbonyl (C=O) groups is 3. The van der Waals surface area contributed by atoms with E-state index in [4.69, 9.17) is 28.4 Å². The van der Waals surface area contributed by atoms with Crippen LogP contribution in [0.1, 0.15) is 41.4 Å². The lowest BCUT2D eigenvalue weighted by molar-refractivity contribution is -0.133. The second kappa shape index (κ2) is 15.6. The van der Waals surface area contributed by atoms with Crippen molar-refractivity contribution < 1.29 is 24.7 Å². The van der Waals surface area contributed by atoms with E-state index < -0.39 is 24.0 Å². The number of hydrogen-bond donors (Lipinski definition) is 6. The number of nitrogens with one attached hydrogen (secondary N) is 4. The average Bonchev–Trinajstić information content (AvgIpc) is 2.92. The molecule has 3 aromatic rings. The highest BCUT2D eigenvalue weighted by Gasteiger charge is 2.25. The minimum Gasteiger partial charge on any atom is -0.391 e. The van der Waals surface area contributed by atoms with Crippen molar-refractivity contribution >= 4 is 46.6 Å². The van der Waals surface area contributed by atoms with Crippen LogP contribution < -0.4 is 21.4 Å². The lowest BCUT2D eigenvalue weighted by Crippen LogP contribution is -2.51. The first kappa shape index (κ1) is 32.3. The summed E-state index contributed by atoms with van der Waals surface area (Å²) in [7, 11) is 0. The first-order valence-corrected chi connectivity index (χ1v) is 12.5. The van der Waals surface area contributed by atoms with Crippen LogP contribution in [0.5, 0.6) is 0 Å². The summed E-state index contributed by atoms with van der Waals surface area (Å²) in [5, 5.41) is 27.7. The van der Waals surface area contributed by atoms with Crippen molar-refractivity contribution in [2.24, 2.45) is 0 Å². The van der Waals surface area contributed by atoms with Gasteiger partial charge in [0.2, 0.25) is 5.91 Å². The molecule has 0 aliphatic heterocycles. The van der Waals surface area contributed by atoms with Crippen LogP contribution in [0.15, 0.2) is 66.7 Å². The van der Waals surface area contributed by atoms with Gasteiger partial charge in [-0.25, -0.2) is 5.48 Å². The molecule has 0 aromatic heterocycles. The molecule has 0 saturated heterocycles. The number of halogens is 2. The molecule has 11 heteroatoms. The van der Waals surface area contributed by atoms with Crippen LogP contribution in [0.4, 0.5) is 5.69 Å². The van der Waals surface area contributed by atoms with Gasteiger partial charge in [-0.2, -0.15) is 0 Å². The van der Waals surface area contributed by atoms with Crippen molar-refractivity contribution in [1.29, 1.82) is 0 Å². The van der Waals surface area contributed by atoms with Gasteiger partial charge >= 0.3 is 0 Å². The molecular formula is C29H30Cl2N4O5. The van der Waals surface area contributed by atoms with E-state index in [0.29, 0.717) is 27.8 Å². The van der Waals surface area contributed by atoms with Crippen molar-refractivity contribution in [1.82, 2.24) is 16.1 Å². The van der Waals surface area contributed by atoms with Crippen LogP contribution in [-0.4, -0.2) is 46.7 Å². The second-order valence-corrected chi connectivity index (χ2v) is 9.30. The Labute approximate surface area is 242 Å². The Bertz CT molecular complexity index is 1380. The number of amides is 3. The molecule has 0 spiro atoms. The molecule has 3 aromatic carbocycles. The number of hydrogen-bond acceptors (Lipinski definition) is 6. The highest BCUT2D eigenvalue weighted by Crippen LogP contribution is 2.20. The number of rotatable bonds is 9. The Balaban J connectivity index is 0.00000560. The second-order valence-electron chi connectivity index (χ2n) is 8.46. The lowest BCUT2D eigenvalue weighted by atomic mass is 10.1. The summed E-state index contributed by atoms with van der Waals surface area (Å²) in [4.78, 5) is 36.2. The molecule has 2 atom stereocenters. The Hall–Kier alpha value is -3.91. The third kappa shape index (κ3) is 9.68. The number of benzene rings is 3. The fourth-order valence-corrected chi connectivity index (χ4v) is 3.84. The number of carbonyl (C=O) groups excluding carboxylic acids is 3. The van der Waals surface area contributed by atoms with Gasteiger partial charge in [0.15, 0.2) is 0 Å². The normalized spacial score (nSPS) is 11.6. The van der Waals surface area contributed by atoms with Crippen molar-refractivity contribution in [2.75, 3.05) is 11.9 Å². The van der Waals surface area contributed by atoms with Gasteiger partial charge in [0.05, 0.1) is 12.6 Å². The van der Waals surface area contributed by atoms with E-state index in [1.807, 2.05) is 0 Å². The molecule has 0 saturated carbocycles. The largest absolute Gasteiger partial charge is 0.391 e. The maximum absolute atomic E-state index is 12.4. The quantitative estimate of drug-likeness (QED) is 0.129. The monoisotopic (exact) mass is 584 g/mol. The maximum atomic E-state index is 12.4. The van der Waals surface area contributed by atoms with Crippen LogP contribution in [0.2, 0.25) is 10.0 Å². The summed E-state index contributed by atoms with van der Waals surface area (Å²) in [6.45, 7) is 1.84. The number of aliphatic hydroxyl groups is 1. The van der Waals surface area contributed by atoms with E-state index in [-0.39, 0.29) is 25.4 Å². The van der Waals surface area contributed by atoms with E-state index in [9.17, 15) is 19.5 Å². The molecule has 0 radical (unpaired) electrons. The van der Waals surface area contributed by atoms with E-state index in [0.717, 1.165) is 11.1 Å². The Morgan fingerprint density at radius 1 is 0.925 bits per heavy atom. The van der Waals surface area contributed by atoms with Gasteiger partial charge in [0, 0.05) is 39.0 Å². The van der Waals surface area contributed by atoms with E-state index in [2.05, 4.69) is 27.8 Å². The molecular weight excluding hydrogens is 555 g/mol. The fourth-order valence-electron chi connectivity index (χ4n) is 3.37. The zero-order valence-electron chi connectivity index (χ0n) is 20.8. The SMILES string of the molecule is C.C[C@@H](O)[C@H](NC(=O)c1ccc(C#Cc2ccc(NC(=O)CNCc3ccc(Cl)cc3Cl)cc2)cc1)C(=O)NO. The molecule has 3 rings (SSSR count). The summed E-state index contributed by atoms with van der Waals surface area (Å²) >= 11 is 12.0. The van der Waals surface area contributed by atoms with E-state index in [1.54, 1.807) is 54.6 Å². The first-order valence-electron chi connectivity index (χ1n) is 11.8. The van der Waals surface area contributed by atoms with Crippen molar-refractivity contribution in [3.8, 4) is 11.8 Å². The van der Waals surface area contributed by atoms with E-state index in [1.165, 1.54) is 24.5 Å². The molecule has 9 nitrogen and oxygen atoms in total. The summed E-state index contributed by atoms with van der Waals surface area (Å²) in [6.07, 6.45) is -1.21. The van der Waals surface area contributed by atoms with Gasteiger partial charge in [-0.05, 0) is 73.2 Å². The Morgan fingerprint density at radius 3 is 2.08 bits per heavy atom. The maximum Gasteiger partial charge on any atom is 0.268 e. The van der Waals surface area contributed by atoms with Gasteiger partial charge in [-0.15, -0.1) is 0 Å². The highest BCUT2D eigenvalue weighted by atomic mass is 35.5. The molecule has 0 unspecified atom stereocenters. The number of aliphatic hydroxyl groups excluding tert-OH is 1. The number of anilines is 1. The molecule has 40 heavy (non-hydrogen) atoms. The molecule has 0 fully saturated rings. The van der Waals surface area contributed by atoms with E-state index >= 15 is 0 Å². The lowest BCUT2D eigenvalue weighted by Gasteiger charge is -2.19. The van der Waals surface area contributed by atoms with Gasteiger partial charge < -0.3 is 21.1 Å². The molecule has 0 aliphatic rings. The van der Waals surface area contributed by atoms with Gasteiger partial charge in [-0.3, -0.25) is 19.6 Å². The summed E-state index contributed by atoms with van der Waals surface area (Å²) in [6, 6.07) is 17.3. The molecule has 3 amide bonds. The molecule has 0 bridgehead atoms. The van der Waals surface area contributed by atoms with Crippen molar-refractivity contribution in [3.63, 3.8) is 0 Å². The summed E-state index contributed by atoms with van der Waals surface area (Å²) < 4.78 is 0. The zero-order valence-corrected chi connectivity index (χ0v) is 22.3. The highest BCUT2D eigenvalue weighted by molar-refractivity contribution is 6.35.